The second kappa shape index (κ2) is 10.5. The van der Waals surface area contributed by atoms with Crippen LogP contribution in [0, 0.1) is 28.6 Å². The number of amides is 5. The summed E-state index contributed by atoms with van der Waals surface area (Å²) < 4.78 is 106. The molecule has 5 N–H and O–H groups in total. The number of carbonyl (C=O) groups excluding carboxylic acids is 5. The van der Waals surface area contributed by atoms with Gasteiger partial charge in [-0.1, -0.05) is 53.6 Å². The normalized spacial score (nSPS) is 36.4. The van der Waals surface area contributed by atoms with E-state index in [1.807, 2.05) is 0 Å². The van der Waals surface area contributed by atoms with Crippen LogP contribution < -0.4 is 21.7 Å². The van der Waals surface area contributed by atoms with E-state index < -0.39 is 128 Å². The molecule has 5 atom stereocenters. The summed E-state index contributed by atoms with van der Waals surface area (Å²) in [5.74, 6) is -11.6. The molecule has 0 spiro atoms. The van der Waals surface area contributed by atoms with E-state index in [0.29, 0.717) is 0 Å². The van der Waals surface area contributed by atoms with Gasteiger partial charge in [-0.2, -0.15) is 0 Å². The Morgan fingerprint density at radius 1 is 1.08 bits per heavy atom. The Morgan fingerprint density at radius 2 is 1.71 bits per heavy atom. The zero-order valence-corrected chi connectivity index (χ0v) is 22.6. The average molecular weight is 547 g/mol. The van der Waals surface area contributed by atoms with Gasteiger partial charge in [0, 0.05) is 29.9 Å². The average Bonchev–Trinajstić information content (AvgIpc) is 3.43. The number of nitrogens with one attached hydrogen (secondary N) is 3. The van der Waals surface area contributed by atoms with Crippen LogP contribution in [0.3, 0.4) is 0 Å². The number of carbonyl (C=O) groups is 5. The predicted octanol–water partition coefficient (Wildman–Crippen LogP) is 2.10. The number of nitrogens with two attached hydrogens (primary N) is 1. The lowest BCUT2D eigenvalue weighted by atomic mass is 9.80. The van der Waals surface area contributed by atoms with Crippen molar-refractivity contribution in [1.29, 1.82) is 0 Å². The molecule has 3 rings (SSSR count). The Balaban J connectivity index is 2.12. The Hall–Kier alpha value is -2.65. The number of urea groups is 1. The molecular weight excluding hydrogens is 486 g/mol. The number of hydrogen-bond acceptors (Lipinski definition) is 5. The molecule has 5 amide bonds. The minimum absolute atomic E-state index is 0.0104. The summed E-state index contributed by atoms with van der Waals surface area (Å²) in [6.07, 6.45) is -11.1. The molecule has 3 aliphatic rings. The first kappa shape index (κ1) is 16.5. The van der Waals surface area contributed by atoms with Gasteiger partial charge in [-0.25, -0.2) is 4.79 Å². The minimum Gasteiger partial charge on any atom is -0.363 e. The Kier molecular flexibility index (Phi) is 4.54. The van der Waals surface area contributed by atoms with E-state index >= 15 is 0 Å². The summed E-state index contributed by atoms with van der Waals surface area (Å²) in [6, 6.07) is -6.33. The molecule has 214 valence electrons. The van der Waals surface area contributed by atoms with E-state index in [1.165, 1.54) is 0 Å². The van der Waals surface area contributed by atoms with Crippen molar-refractivity contribution in [2.75, 3.05) is 6.54 Å². The quantitative estimate of drug-likeness (QED) is 0.327. The van der Waals surface area contributed by atoms with Crippen molar-refractivity contribution in [3.63, 3.8) is 0 Å². The summed E-state index contributed by atoms with van der Waals surface area (Å²) >= 11 is 0. The van der Waals surface area contributed by atoms with Crippen LogP contribution in [-0.4, -0.2) is 64.6 Å². The molecule has 3 fully saturated rings. The first-order chi connectivity index (χ1) is 22.4. The lowest BCUT2D eigenvalue weighted by molar-refractivity contribution is -0.144. The number of primary amides is 1. The second-order valence-electron chi connectivity index (χ2n) is 12.4. The third kappa shape index (κ3) is 6.86. The lowest BCUT2D eigenvalue weighted by Crippen LogP contribution is -2.60. The van der Waals surface area contributed by atoms with Crippen molar-refractivity contribution in [3.8, 4) is 0 Å². The highest BCUT2D eigenvalue weighted by atomic mass is 16.2. The smallest absolute Gasteiger partial charge is 0.315 e. The van der Waals surface area contributed by atoms with Crippen LogP contribution in [0.15, 0.2) is 0 Å². The van der Waals surface area contributed by atoms with Crippen molar-refractivity contribution >= 4 is 29.5 Å². The van der Waals surface area contributed by atoms with E-state index in [-0.39, 0.29) is 6.42 Å². The highest BCUT2D eigenvalue weighted by Crippen LogP contribution is 2.65. The topological polar surface area (TPSA) is 151 Å². The van der Waals surface area contributed by atoms with Gasteiger partial charge in [0.2, 0.25) is 17.6 Å². The molecule has 0 aromatic heterocycles. The Labute approximate surface area is 244 Å². The number of nitrogens with zero attached hydrogens (tertiary/aromatic N) is 1. The fourth-order valence-electron chi connectivity index (χ4n) is 4.91. The lowest BCUT2D eigenvalue weighted by Gasteiger charge is -2.36. The molecule has 2 aliphatic carbocycles. The maximum absolute atomic E-state index is 14.3. The zero-order valence-electron chi connectivity index (χ0n) is 35.6. The molecular formula is C28H47N5O5. The van der Waals surface area contributed by atoms with Crippen LogP contribution in [0.2, 0.25) is 0 Å². The third-order valence-electron chi connectivity index (χ3n) is 6.68. The number of piperidine rings is 1. The molecule has 10 heteroatoms. The molecule has 1 unspecified atom stereocenters. The molecule has 2 saturated carbocycles. The van der Waals surface area contributed by atoms with Gasteiger partial charge in [0.15, 0.2) is 0 Å². The van der Waals surface area contributed by atoms with Crippen molar-refractivity contribution in [1.82, 2.24) is 20.9 Å². The fourth-order valence-corrected chi connectivity index (χ4v) is 4.91. The van der Waals surface area contributed by atoms with Crippen LogP contribution in [0.25, 0.3) is 0 Å². The maximum Gasteiger partial charge on any atom is 0.315 e. The molecule has 1 aliphatic heterocycles. The van der Waals surface area contributed by atoms with Gasteiger partial charge in [-0.15, -0.1) is 0 Å². The first-order valence-corrected chi connectivity index (χ1v) is 12.5. The predicted molar refractivity (Wildman–Crippen MR) is 144 cm³/mol. The zero-order chi connectivity index (χ0) is 40.1. The van der Waals surface area contributed by atoms with Gasteiger partial charge >= 0.3 is 6.03 Å². The van der Waals surface area contributed by atoms with E-state index in [9.17, 15) is 24.0 Å². The van der Waals surface area contributed by atoms with Crippen LogP contribution in [0.5, 0.6) is 0 Å². The van der Waals surface area contributed by atoms with Gasteiger partial charge in [0.25, 0.3) is 5.91 Å². The number of likely N-dealkylation sites (tertiary alicyclic amines) is 1. The van der Waals surface area contributed by atoms with E-state index in [4.69, 9.17) is 23.6 Å². The summed E-state index contributed by atoms with van der Waals surface area (Å²) in [7, 11) is 0. The second-order valence-corrected chi connectivity index (χ2v) is 12.4. The van der Waals surface area contributed by atoms with Gasteiger partial charge in [-0.3, -0.25) is 19.2 Å². The molecule has 0 bridgehead atoms. The third-order valence-corrected chi connectivity index (χ3v) is 6.68. The Bertz CT molecular complexity index is 1440. The number of Topliss-reactive ketones (excluding diaryl/α,β-unsaturated/α-hetero) is 1. The van der Waals surface area contributed by atoms with E-state index in [2.05, 4.69) is 16.0 Å². The number of rotatable bonds is 9. The van der Waals surface area contributed by atoms with E-state index in [1.54, 1.807) is 41.5 Å². The monoisotopic (exact) mass is 546 g/mol. The molecule has 1 saturated heterocycles. The van der Waals surface area contributed by atoms with E-state index in [0.717, 1.165) is 4.90 Å². The summed E-state index contributed by atoms with van der Waals surface area (Å²) in [4.78, 5) is 67.4. The number of fused-ring (bicyclic) bond motifs is 1. The van der Waals surface area contributed by atoms with Crippen LogP contribution in [0.1, 0.15) is 105 Å². The number of hydrogen-bond donors (Lipinski definition) is 4. The molecule has 0 radical (unpaired) electrons. The highest BCUT2D eigenvalue weighted by Gasteiger charge is 2.69. The minimum atomic E-state index is -3.27. The van der Waals surface area contributed by atoms with Crippen LogP contribution in [0.4, 0.5) is 4.79 Å². The maximum atomic E-state index is 14.3. The molecule has 10 nitrogen and oxygen atoms in total. The Morgan fingerprint density at radius 3 is 2.24 bits per heavy atom. The SMILES string of the molecule is [2H]C([2H])([2H])C1(C([2H])([2H])[2H])[C@@H]2[C@@H](C(=O)NC(CC3([2H])C([2H])([2H])C([2H])([2H])C3([2H])[2H])C(=O)C(N)=O)N(C(=O)[C@H](CC(C)(C)C)NC(=O)NC(C)(C)C)C[C@@H]21. The van der Waals surface area contributed by atoms with Crippen molar-refractivity contribution in [2.24, 2.45) is 34.3 Å². The first-order valence-electron chi connectivity index (χ1n) is 19.0. The van der Waals surface area contributed by atoms with Gasteiger partial charge < -0.3 is 26.6 Å². The van der Waals surface area contributed by atoms with Gasteiger partial charge in [-0.05, 0) is 62.2 Å². The van der Waals surface area contributed by atoms with Crippen molar-refractivity contribution < 1.29 is 41.8 Å². The van der Waals surface area contributed by atoms with Crippen molar-refractivity contribution in [3.05, 3.63) is 0 Å². The van der Waals surface area contributed by atoms with Gasteiger partial charge in [0.1, 0.15) is 12.1 Å². The molecule has 1 heterocycles. The van der Waals surface area contributed by atoms with Gasteiger partial charge in [0.05, 0.1) is 6.04 Å². The summed E-state index contributed by atoms with van der Waals surface area (Å²) in [5, 5.41) is 7.30. The fraction of sp³-hybridized carbons (Fsp3) is 0.821. The van der Waals surface area contributed by atoms with Crippen LogP contribution in [-0.2, 0) is 19.2 Å². The standard InChI is InChI=1S/C28H47N5O5/c1-26(2,3)13-18(31-25(38)32-27(4,5)6)24(37)33-14-16-19(28(16,7)8)20(33)23(36)30-17(21(34)22(29)35)12-15-10-9-11-15/h15-20H,9-14H2,1-8H3,(H2,29,35)(H,30,36)(H2,31,32,38)/t16-,17?,18-,19-,20-/m0/s1/i7D3,8D3,9D2,10D2,11D2,15D. The summed E-state index contributed by atoms with van der Waals surface area (Å²) in [5.41, 5.74) is 1.30. The molecule has 0 aromatic carbocycles. The number of ketones is 1. The molecule has 0 aromatic rings. The highest BCUT2D eigenvalue weighted by molar-refractivity contribution is 6.37. The summed E-state index contributed by atoms with van der Waals surface area (Å²) in [6.45, 7) is 3.35. The largest absolute Gasteiger partial charge is 0.363 e. The van der Waals surface area contributed by atoms with Crippen molar-refractivity contribution in [2.45, 2.75) is 111 Å². The van der Waals surface area contributed by atoms with Crippen LogP contribution >= 0.6 is 0 Å². The molecule has 38 heavy (non-hydrogen) atoms.